The summed E-state index contributed by atoms with van der Waals surface area (Å²) in [5, 5.41) is 11.4. The quantitative estimate of drug-likeness (QED) is 0.855. The molecule has 0 aliphatic rings. The molecule has 98 valence electrons. The van der Waals surface area contributed by atoms with Crippen LogP contribution >= 0.6 is 0 Å². The van der Waals surface area contributed by atoms with E-state index in [1.807, 2.05) is 0 Å². The summed E-state index contributed by atoms with van der Waals surface area (Å²) >= 11 is 0. The van der Waals surface area contributed by atoms with Crippen LogP contribution in [-0.2, 0) is 4.79 Å². The number of carboxylic acid groups (broad SMARTS) is 1. The van der Waals surface area contributed by atoms with Crippen LogP contribution in [0.1, 0.15) is 31.1 Å². The number of carbonyl (C=O) groups is 2. The maximum Gasteiger partial charge on any atom is 0.326 e. The van der Waals surface area contributed by atoms with Gasteiger partial charge in [-0.25, -0.2) is 9.18 Å². The molecule has 6 heteroatoms. The molecule has 1 amide bonds. The molecular formula is C12H15FN2O3. The number of pyridine rings is 1. The summed E-state index contributed by atoms with van der Waals surface area (Å²) in [4.78, 5) is 26.4. The van der Waals surface area contributed by atoms with E-state index in [0.29, 0.717) is 0 Å². The molecule has 0 bridgehead atoms. The molecule has 0 aromatic carbocycles. The van der Waals surface area contributed by atoms with Gasteiger partial charge in [-0.3, -0.25) is 9.78 Å². The van der Waals surface area contributed by atoms with Crippen LogP contribution in [0.25, 0.3) is 0 Å². The molecule has 1 aromatic heterocycles. The van der Waals surface area contributed by atoms with Gasteiger partial charge in [-0.05, 0) is 11.5 Å². The number of carboxylic acids is 1. The molecule has 1 atom stereocenters. The average Bonchev–Trinajstić information content (AvgIpc) is 2.23. The fraction of sp³-hybridized carbons (Fsp3) is 0.417. The van der Waals surface area contributed by atoms with Crippen molar-refractivity contribution in [1.29, 1.82) is 0 Å². The summed E-state index contributed by atoms with van der Waals surface area (Å²) in [6, 6.07) is -0.0579. The third-order valence-electron chi connectivity index (χ3n) is 2.36. The predicted octanol–water partition coefficient (Wildman–Crippen LogP) is 1.45. The van der Waals surface area contributed by atoms with Gasteiger partial charge < -0.3 is 10.4 Å². The van der Waals surface area contributed by atoms with Crippen molar-refractivity contribution in [3.8, 4) is 0 Å². The highest BCUT2D eigenvalue weighted by Crippen LogP contribution is 2.19. The van der Waals surface area contributed by atoms with Crippen molar-refractivity contribution < 1.29 is 19.1 Å². The molecule has 1 heterocycles. The topological polar surface area (TPSA) is 79.3 Å². The summed E-state index contributed by atoms with van der Waals surface area (Å²) in [5.41, 5.74) is -0.659. The highest BCUT2D eigenvalue weighted by molar-refractivity contribution is 5.96. The normalized spacial score (nSPS) is 12.9. The molecule has 1 rings (SSSR count). The molecule has 0 unspecified atom stereocenters. The van der Waals surface area contributed by atoms with Crippen LogP contribution < -0.4 is 5.32 Å². The first kappa shape index (κ1) is 14.1. The lowest BCUT2D eigenvalue weighted by Crippen LogP contribution is -2.49. The van der Waals surface area contributed by atoms with Gasteiger partial charge in [0.2, 0.25) is 0 Å². The van der Waals surface area contributed by atoms with E-state index in [0.717, 1.165) is 12.3 Å². The van der Waals surface area contributed by atoms with Crippen LogP contribution in [0.15, 0.2) is 18.5 Å². The number of hydrogen-bond donors (Lipinski definition) is 2. The number of nitrogens with one attached hydrogen (secondary N) is 1. The van der Waals surface area contributed by atoms with Crippen LogP contribution in [0.2, 0.25) is 0 Å². The van der Waals surface area contributed by atoms with E-state index in [9.17, 15) is 14.0 Å². The summed E-state index contributed by atoms with van der Waals surface area (Å²) in [6.45, 7) is 5.07. The minimum atomic E-state index is -1.14. The number of amides is 1. The molecule has 2 N–H and O–H groups in total. The number of carbonyl (C=O) groups excluding carboxylic acids is 1. The maximum atomic E-state index is 12.9. The van der Waals surface area contributed by atoms with Crippen LogP contribution in [0, 0.1) is 11.2 Å². The zero-order chi connectivity index (χ0) is 13.9. The molecular weight excluding hydrogens is 239 g/mol. The smallest absolute Gasteiger partial charge is 0.326 e. The molecule has 18 heavy (non-hydrogen) atoms. The SMILES string of the molecule is CC(C)(C)[C@H](NC(=O)c1cncc(F)c1)C(=O)O. The first-order valence-corrected chi connectivity index (χ1v) is 5.36. The molecule has 0 saturated carbocycles. The van der Waals surface area contributed by atoms with Crippen molar-refractivity contribution in [2.24, 2.45) is 5.41 Å². The monoisotopic (exact) mass is 254 g/mol. The number of hydrogen-bond acceptors (Lipinski definition) is 3. The third-order valence-corrected chi connectivity index (χ3v) is 2.36. The van der Waals surface area contributed by atoms with Gasteiger partial charge in [-0.1, -0.05) is 20.8 Å². The lowest BCUT2D eigenvalue weighted by Gasteiger charge is -2.27. The molecule has 0 fully saturated rings. The lowest BCUT2D eigenvalue weighted by atomic mass is 9.86. The molecule has 0 spiro atoms. The van der Waals surface area contributed by atoms with Gasteiger partial charge in [0.1, 0.15) is 11.9 Å². The first-order valence-electron chi connectivity index (χ1n) is 5.36. The Morgan fingerprint density at radius 3 is 2.44 bits per heavy atom. The highest BCUT2D eigenvalue weighted by Gasteiger charge is 2.32. The molecule has 1 aromatic rings. The minimum absolute atomic E-state index is 0.00880. The highest BCUT2D eigenvalue weighted by atomic mass is 19.1. The summed E-state index contributed by atoms with van der Waals surface area (Å²) in [6.07, 6.45) is 2.15. The zero-order valence-electron chi connectivity index (χ0n) is 10.4. The minimum Gasteiger partial charge on any atom is -0.480 e. The maximum absolute atomic E-state index is 12.9. The summed E-state index contributed by atoms with van der Waals surface area (Å²) in [7, 11) is 0. The second-order valence-electron chi connectivity index (χ2n) is 5.00. The van der Waals surface area contributed by atoms with Crippen molar-refractivity contribution in [2.75, 3.05) is 0 Å². The van der Waals surface area contributed by atoms with Gasteiger partial charge in [0.05, 0.1) is 11.8 Å². The van der Waals surface area contributed by atoms with Crippen LogP contribution in [0.4, 0.5) is 4.39 Å². The van der Waals surface area contributed by atoms with Gasteiger partial charge in [0.15, 0.2) is 0 Å². The summed E-state index contributed by atoms with van der Waals surface area (Å²) in [5.74, 6) is -2.45. The Balaban J connectivity index is 2.89. The van der Waals surface area contributed by atoms with Crippen LogP contribution in [-0.4, -0.2) is 28.0 Å². The molecule has 0 radical (unpaired) electrons. The largest absolute Gasteiger partial charge is 0.480 e. The Kier molecular flexibility index (Phi) is 4.00. The van der Waals surface area contributed by atoms with Crippen molar-refractivity contribution in [3.05, 3.63) is 29.8 Å². The lowest BCUT2D eigenvalue weighted by molar-refractivity contribution is -0.142. The van der Waals surface area contributed by atoms with E-state index in [4.69, 9.17) is 5.11 Å². The van der Waals surface area contributed by atoms with Gasteiger partial charge in [0, 0.05) is 6.20 Å². The Hall–Kier alpha value is -1.98. The Morgan fingerprint density at radius 2 is 2.00 bits per heavy atom. The summed E-state index contributed by atoms with van der Waals surface area (Å²) < 4.78 is 12.9. The predicted molar refractivity (Wildman–Crippen MR) is 62.5 cm³/mol. The second-order valence-corrected chi connectivity index (χ2v) is 5.00. The van der Waals surface area contributed by atoms with Crippen molar-refractivity contribution in [1.82, 2.24) is 10.3 Å². The van der Waals surface area contributed by atoms with Gasteiger partial charge >= 0.3 is 5.97 Å². The standard InChI is InChI=1S/C12H15FN2O3/c1-12(2,3)9(11(17)18)15-10(16)7-4-8(13)6-14-5-7/h4-6,9H,1-3H3,(H,15,16)(H,17,18)/t9-/m1/s1. The van der Waals surface area contributed by atoms with Gasteiger partial charge in [-0.15, -0.1) is 0 Å². The van der Waals surface area contributed by atoms with E-state index in [1.54, 1.807) is 20.8 Å². The Labute approximate surface area is 104 Å². The molecule has 0 aliphatic carbocycles. The fourth-order valence-electron chi connectivity index (χ4n) is 1.40. The van der Waals surface area contributed by atoms with Gasteiger partial charge in [-0.2, -0.15) is 0 Å². The van der Waals surface area contributed by atoms with E-state index in [1.165, 1.54) is 6.20 Å². The van der Waals surface area contributed by atoms with Crippen molar-refractivity contribution in [2.45, 2.75) is 26.8 Å². The molecule has 5 nitrogen and oxygen atoms in total. The number of aromatic nitrogens is 1. The number of aliphatic carboxylic acids is 1. The second kappa shape index (κ2) is 5.12. The van der Waals surface area contributed by atoms with Crippen molar-refractivity contribution >= 4 is 11.9 Å². The third kappa shape index (κ3) is 3.51. The number of rotatable bonds is 3. The van der Waals surface area contributed by atoms with E-state index in [-0.39, 0.29) is 5.56 Å². The molecule has 0 aliphatic heterocycles. The van der Waals surface area contributed by atoms with Crippen LogP contribution in [0.5, 0.6) is 0 Å². The van der Waals surface area contributed by atoms with Crippen molar-refractivity contribution in [3.63, 3.8) is 0 Å². The first-order chi connectivity index (χ1) is 8.21. The fourth-order valence-corrected chi connectivity index (χ4v) is 1.40. The van der Waals surface area contributed by atoms with E-state index in [2.05, 4.69) is 10.3 Å². The van der Waals surface area contributed by atoms with E-state index >= 15 is 0 Å². The van der Waals surface area contributed by atoms with Crippen LogP contribution in [0.3, 0.4) is 0 Å². The Bertz CT molecular complexity index is 469. The number of halogens is 1. The van der Waals surface area contributed by atoms with E-state index < -0.39 is 29.2 Å². The Morgan fingerprint density at radius 1 is 1.39 bits per heavy atom. The van der Waals surface area contributed by atoms with Gasteiger partial charge in [0.25, 0.3) is 5.91 Å². The number of nitrogens with zero attached hydrogens (tertiary/aromatic N) is 1. The molecule has 0 saturated heterocycles. The average molecular weight is 254 g/mol. The zero-order valence-corrected chi connectivity index (χ0v) is 10.4.